The number of pyridine rings is 1. The van der Waals surface area contributed by atoms with Crippen molar-refractivity contribution in [3.63, 3.8) is 0 Å². The van der Waals surface area contributed by atoms with Crippen LogP contribution >= 0.6 is 11.6 Å². The molecule has 5 nitrogen and oxygen atoms in total. The smallest absolute Gasteiger partial charge is 0.257 e. The molecule has 1 heterocycles. The van der Waals surface area contributed by atoms with Gasteiger partial charge in [-0.3, -0.25) is 14.6 Å². The number of amides is 2. The summed E-state index contributed by atoms with van der Waals surface area (Å²) in [5.74, 6) is -0.482. The highest BCUT2D eigenvalue weighted by atomic mass is 35.5. The molecule has 0 aliphatic carbocycles. The number of nitrogens with one attached hydrogen (secondary N) is 1. The van der Waals surface area contributed by atoms with E-state index in [1.54, 1.807) is 42.3 Å². The Balaban J connectivity index is 2.11. The molecule has 0 aliphatic rings. The second-order valence-corrected chi connectivity index (χ2v) is 5.94. The van der Waals surface area contributed by atoms with E-state index in [2.05, 4.69) is 17.2 Å². The average Bonchev–Trinajstić information content (AvgIpc) is 2.59. The molecule has 1 N–H and O–H groups in total. The Labute approximate surface area is 146 Å². The fourth-order valence-electron chi connectivity index (χ4n) is 2.17. The van der Waals surface area contributed by atoms with Gasteiger partial charge in [0.25, 0.3) is 11.8 Å². The van der Waals surface area contributed by atoms with E-state index in [0.29, 0.717) is 28.4 Å². The van der Waals surface area contributed by atoms with Gasteiger partial charge in [0.1, 0.15) is 0 Å². The van der Waals surface area contributed by atoms with E-state index in [-0.39, 0.29) is 11.8 Å². The van der Waals surface area contributed by atoms with Crippen molar-refractivity contribution >= 4 is 29.1 Å². The summed E-state index contributed by atoms with van der Waals surface area (Å²) in [5.41, 5.74) is 1.31. The Kier molecular flexibility index (Phi) is 6.32. The molecule has 0 saturated heterocycles. The van der Waals surface area contributed by atoms with Crippen molar-refractivity contribution in [3.8, 4) is 0 Å². The van der Waals surface area contributed by atoms with Crippen LogP contribution in [0.25, 0.3) is 0 Å². The summed E-state index contributed by atoms with van der Waals surface area (Å²) in [6.45, 7) is 2.74. The predicted molar refractivity (Wildman–Crippen MR) is 95.5 cm³/mol. The lowest BCUT2D eigenvalue weighted by Crippen LogP contribution is -2.28. The first-order chi connectivity index (χ1) is 11.5. The van der Waals surface area contributed by atoms with Crippen LogP contribution in [-0.4, -0.2) is 35.3 Å². The largest absolute Gasteiger partial charge is 0.342 e. The third-order valence-electron chi connectivity index (χ3n) is 3.52. The van der Waals surface area contributed by atoms with Gasteiger partial charge >= 0.3 is 0 Å². The Hall–Kier alpha value is -2.40. The number of carbonyl (C=O) groups is 2. The van der Waals surface area contributed by atoms with Crippen LogP contribution in [0.5, 0.6) is 0 Å². The molecular formula is C18H20ClN3O2. The van der Waals surface area contributed by atoms with E-state index < -0.39 is 0 Å². The Bertz CT molecular complexity index is 734. The lowest BCUT2D eigenvalue weighted by molar-refractivity contribution is 0.0793. The standard InChI is InChI=1S/C18H20ClN3O2/c1-3-4-8-22(2)18(24)14-9-13(11-20-12-14)17(23)21-16-7-5-6-15(19)10-16/h5-7,9-12H,3-4,8H2,1-2H3,(H,21,23). The zero-order valence-corrected chi connectivity index (χ0v) is 14.5. The van der Waals surface area contributed by atoms with Gasteiger partial charge in [-0.2, -0.15) is 0 Å². The molecule has 126 valence electrons. The summed E-state index contributed by atoms with van der Waals surface area (Å²) in [7, 11) is 1.75. The first kappa shape index (κ1) is 17.9. The number of unbranched alkanes of at least 4 members (excludes halogenated alkanes) is 1. The third-order valence-corrected chi connectivity index (χ3v) is 3.76. The molecule has 6 heteroatoms. The normalized spacial score (nSPS) is 10.3. The first-order valence-electron chi connectivity index (χ1n) is 7.78. The molecule has 24 heavy (non-hydrogen) atoms. The van der Waals surface area contributed by atoms with E-state index in [0.717, 1.165) is 12.8 Å². The van der Waals surface area contributed by atoms with Crippen LogP contribution in [0.3, 0.4) is 0 Å². The third kappa shape index (κ3) is 4.80. The molecule has 0 fully saturated rings. The van der Waals surface area contributed by atoms with Gasteiger partial charge in [-0.1, -0.05) is 31.0 Å². The highest BCUT2D eigenvalue weighted by Gasteiger charge is 2.14. The van der Waals surface area contributed by atoms with Gasteiger partial charge in [-0.15, -0.1) is 0 Å². The number of hydrogen-bond acceptors (Lipinski definition) is 3. The Morgan fingerprint density at radius 3 is 2.67 bits per heavy atom. The summed E-state index contributed by atoms with van der Waals surface area (Å²) >= 11 is 5.90. The van der Waals surface area contributed by atoms with E-state index in [1.807, 2.05) is 0 Å². The minimum atomic E-state index is -0.337. The van der Waals surface area contributed by atoms with Crippen molar-refractivity contribution in [3.05, 3.63) is 58.9 Å². The van der Waals surface area contributed by atoms with Gasteiger partial charge in [0, 0.05) is 36.7 Å². The Morgan fingerprint density at radius 1 is 1.21 bits per heavy atom. The molecule has 0 spiro atoms. The highest BCUT2D eigenvalue weighted by Crippen LogP contribution is 2.16. The van der Waals surface area contributed by atoms with Gasteiger partial charge < -0.3 is 10.2 Å². The van der Waals surface area contributed by atoms with E-state index in [4.69, 9.17) is 11.6 Å². The molecule has 0 unspecified atom stereocenters. The van der Waals surface area contributed by atoms with Gasteiger partial charge in [0.2, 0.25) is 0 Å². The number of carbonyl (C=O) groups excluding carboxylic acids is 2. The maximum atomic E-state index is 12.4. The van der Waals surface area contributed by atoms with E-state index >= 15 is 0 Å². The van der Waals surface area contributed by atoms with Crippen molar-refractivity contribution in [1.82, 2.24) is 9.88 Å². The zero-order chi connectivity index (χ0) is 17.5. The van der Waals surface area contributed by atoms with Crippen molar-refractivity contribution in [2.45, 2.75) is 19.8 Å². The molecule has 1 aromatic heterocycles. The van der Waals surface area contributed by atoms with Crippen LogP contribution in [0.4, 0.5) is 5.69 Å². The van der Waals surface area contributed by atoms with Crippen molar-refractivity contribution in [1.29, 1.82) is 0 Å². The van der Waals surface area contributed by atoms with Gasteiger partial charge in [-0.05, 0) is 30.7 Å². The van der Waals surface area contributed by atoms with E-state index in [9.17, 15) is 9.59 Å². The van der Waals surface area contributed by atoms with Crippen LogP contribution < -0.4 is 5.32 Å². The van der Waals surface area contributed by atoms with Crippen molar-refractivity contribution < 1.29 is 9.59 Å². The van der Waals surface area contributed by atoms with Gasteiger partial charge in [0.05, 0.1) is 11.1 Å². The minimum Gasteiger partial charge on any atom is -0.342 e. The fourth-order valence-corrected chi connectivity index (χ4v) is 2.36. The summed E-state index contributed by atoms with van der Waals surface area (Å²) in [6, 6.07) is 8.42. The maximum absolute atomic E-state index is 12.4. The summed E-state index contributed by atoms with van der Waals surface area (Å²) in [5, 5.41) is 3.28. The number of aromatic nitrogens is 1. The monoisotopic (exact) mass is 345 g/mol. The number of hydrogen-bond donors (Lipinski definition) is 1. The van der Waals surface area contributed by atoms with Crippen molar-refractivity contribution in [2.75, 3.05) is 18.9 Å². The second-order valence-electron chi connectivity index (χ2n) is 5.51. The maximum Gasteiger partial charge on any atom is 0.257 e. The molecule has 1 aromatic carbocycles. The number of anilines is 1. The van der Waals surface area contributed by atoms with Crippen molar-refractivity contribution in [2.24, 2.45) is 0 Å². The summed E-state index contributed by atoms with van der Waals surface area (Å²) < 4.78 is 0. The lowest BCUT2D eigenvalue weighted by Gasteiger charge is -2.16. The topological polar surface area (TPSA) is 62.3 Å². The molecule has 0 bridgehead atoms. The lowest BCUT2D eigenvalue weighted by atomic mass is 10.1. The Morgan fingerprint density at radius 2 is 1.96 bits per heavy atom. The molecule has 2 amide bonds. The number of rotatable bonds is 6. The number of nitrogens with zero attached hydrogens (tertiary/aromatic N) is 2. The van der Waals surface area contributed by atoms with Crippen LogP contribution in [0, 0.1) is 0 Å². The quantitative estimate of drug-likeness (QED) is 0.864. The zero-order valence-electron chi connectivity index (χ0n) is 13.8. The SMILES string of the molecule is CCCCN(C)C(=O)c1cncc(C(=O)Nc2cccc(Cl)c2)c1. The van der Waals surface area contributed by atoms with Crippen LogP contribution in [0.2, 0.25) is 5.02 Å². The summed E-state index contributed by atoms with van der Waals surface area (Å²) in [6.07, 6.45) is 4.85. The van der Waals surface area contributed by atoms with Gasteiger partial charge in [0.15, 0.2) is 0 Å². The summed E-state index contributed by atoms with van der Waals surface area (Å²) in [4.78, 5) is 30.3. The molecule has 2 aromatic rings. The second kappa shape index (κ2) is 8.45. The molecule has 0 aliphatic heterocycles. The highest BCUT2D eigenvalue weighted by molar-refractivity contribution is 6.31. The van der Waals surface area contributed by atoms with E-state index in [1.165, 1.54) is 12.4 Å². The molecule has 0 radical (unpaired) electrons. The average molecular weight is 346 g/mol. The van der Waals surface area contributed by atoms with Crippen LogP contribution in [0.1, 0.15) is 40.5 Å². The predicted octanol–water partition coefficient (Wildman–Crippen LogP) is 3.86. The molecule has 0 saturated carbocycles. The number of benzene rings is 1. The van der Waals surface area contributed by atoms with Crippen LogP contribution in [0.15, 0.2) is 42.7 Å². The molecular weight excluding hydrogens is 326 g/mol. The molecule has 2 rings (SSSR count). The molecule has 0 atom stereocenters. The van der Waals surface area contributed by atoms with Crippen LogP contribution in [-0.2, 0) is 0 Å². The van der Waals surface area contributed by atoms with Gasteiger partial charge in [-0.25, -0.2) is 0 Å². The minimum absolute atomic E-state index is 0.145. The number of halogens is 1. The first-order valence-corrected chi connectivity index (χ1v) is 8.16. The fraction of sp³-hybridized carbons (Fsp3) is 0.278.